The highest BCUT2D eigenvalue weighted by Crippen LogP contribution is 2.33. The summed E-state index contributed by atoms with van der Waals surface area (Å²) in [5.41, 5.74) is 1.46. The van der Waals surface area contributed by atoms with E-state index in [2.05, 4.69) is 10.4 Å². The zero-order chi connectivity index (χ0) is 26.2. The molecule has 194 valence electrons. The van der Waals surface area contributed by atoms with Crippen LogP contribution in [0.3, 0.4) is 0 Å². The third kappa shape index (κ3) is 5.22. The maximum atomic E-state index is 13.3. The predicted molar refractivity (Wildman–Crippen MR) is 144 cm³/mol. The summed E-state index contributed by atoms with van der Waals surface area (Å²) in [6.45, 7) is 4.75. The van der Waals surface area contributed by atoms with E-state index < -0.39 is 15.9 Å². The molecule has 37 heavy (non-hydrogen) atoms. The van der Waals surface area contributed by atoms with Gasteiger partial charge >= 0.3 is 0 Å². The highest BCUT2D eigenvalue weighted by Gasteiger charge is 2.34. The van der Waals surface area contributed by atoms with Gasteiger partial charge < -0.3 is 10.1 Å². The molecule has 1 unspecified atom stereocenters. The Bertz CT molecular complexity index is 1550. The predicted octanol–water partition coefficient (Wildman–Crippen LogP) is 4.88. The van der Waals surface area contributed by atoms with Crippen molar-refractivity contribution in [3.8, 4) is 10.9 Å². The van der Waals surface area contributed by atoms with Gasteiger partial charge in [0.25, 0.3) is 0 Å². The number of nitrogens with zero attached hydrogens (tertiary/aromatic N) is 4. The van der Waals surface area contributed by atoms with E-state index in [4.69, 9.17) is 21.3 Å². The first-order valence-electron chi connectivity index (χ1n) is 11.9. The van der Waals surface area contributed by atoms with Crippen LogP contribution in [-0.4, -0.2) is 53.1 Å². The molecule has 0 spiro atoms. The molecule has 0 radical (unpaired) electrons. The first-order valence-corrected chi connectivity index (χ1v) is 14.6. The standard InChI is InChI=1S/C25H26ClN5O4S2/c1-3-35-20-7-4-8-21-23(20)28-25(36-21)31-22(14-16(2)29-31)27-24(32)17-6-5-13-30(15-17)37(33,34)19-11-9-18(26)10-12-19/h4,7-12,14,17H,3,5-6,13,15H2,1-2H3,(H,27,32). The number of nitrogens with one attached hydrogen (secondary N) is 1. The van der Waals surface area contributed by atoms with Crippen LogP contribution in [0.5, 0.6) is 5.75 Å². The topological polar surface area (TPSA) is 106 Å². The number of para-hydroxylation sites is 1. The van der Waals surface area contributed by atoms with Crippen molar-refractivity contribution in [2.24, 2.45) is 5.92 Å². The fraction of sp³-hybridized carbons (Fsp3) is 0.320. The van der Waals surface area contributed by atoms with E-state index in [1.54, 1.807) is 22.9 Å². The summed E-state index contributed by atoms with van der Waals surface area (Å²) in [6, 6.07) is 13.6. The van der Waals surface area contributed by atoms with Crippen LogP contribution in [0, 0.1) is 12.8 Å². The second kappa shape index (κ2) is 10.4. The van der Waals surface area contributed by atoms with Crippen molar-refractivity contribution in [1.82, 2.24) is 19.1 Å². The van der Waals surface area contributed by atoms with Crippen LogP contribution in [0.15, 0.2) is 53.4 Å². The number of ether oxygens (including phenoxy) is 1. The first kappa shape index (κ1) is 25.7. The lowest BCUT2D eigenvalue weighted by Gasteiger charge is -2.31. The molecule has 1 saturated heterocycles. The summed E-state index contributed by atoms with van der Waals surface area (Å²) < 4.78 is 35.9. The number of halogens is 1. The van der Waals surface area contributed by atoms with Gasteiger partial charge in [0.2, 0.25) is 21.1 Å². The monoisotopic (exact) mass is 559 g/mol. The number of thiazole rings is 1. The number of carbonyl (C=O) groups excluding carboxylic acids is 1. The van der Waals surface area contributed by atoms with Gasteiger partial charge in [-0.3, -0.25) is 4.79 Å². The molecule has 1 amide bonds. The fourth-order valence-corrected chi connectivity index (χ4v) is 6.97. The quantitative estimate of drug-likeness (QED) is 0.346. The molecule has 0 bridgehead atoms. The van der Waals surface area contributed by atoms with Crippen LogP contribution in [0.2, 0.25) is 5.02 Å². The van der Waals surface area contributed by atoms with Crippen LogP contribution in [0.25, 0.3) is 15.3 Å². The van der Waals surface area contributed by atoms with Gasteiger partial charge in [-0.25, -0.2) is 13.4 Å². The van der Waals surface area contributed by atoms with E-state index in [9.17, 15) is 13.2 Å². The second-order valence-electron chi connectivity index (χ2n) is 8.76. The molecule has 1 N–H and O–H groups in total. The van der Waals surface area contributed by atoms with E-state index in [0.29, 0.717) is 47.7 Å². The molecule has 2 aromatic carbocycles. The van der Waals surface area contributed by atoms with E-state index in [0.717, 1.165) is 15.9 Å². The van der Waals surface area contributed by atoms with Crippen LogP contribution in [0.4, 0.5) is 5.82 Å². The third-order valence-corrected chi connectivity index (χ3v) is 9.27. The van der Waals surface area contributed by atoms with Gasteiger partial charge in [-0.05, 0) is 63.1 Å². The molecule has 1 fully saturated rings. The molecule has 0 aliphatic carbocycles. The van der Waals surface area contributed by atoms with Crippen molar-refractivity contribution >= 4 is 54.9 Å². The normalized spacial score (nSPS) is 16.7. The Balaban J connectivity index is 1.36. The average molecular weight is 560 g/mol. The van der Waals surface area contributed by atoms with E-state index in [-0.39, 0.29) is 17.3 Å². The number of hydrogen-bond acceptors (Lipinski definition) is 7. The molecule has 9 nitrogen and oxygen atoms in total. The number of aryl methyl sites for hydroxylation is 1. The minimum Gasteiger partial charge on any atom is -0.492 e. The molecule has 2 aromatic heterocycles. The number of benzene rings is 2. The molecule has 0 saturated carbocycles. The van der Waals surface area contributed by atoms with Gasteiger partial charge in [0.05, 0.1) is 27.8 Å². The highest BCUT2D eigenvalue weighted by molar-refractivity contribution is 7.89. The summed E-state index contributed by atoms with van der Waals surface area (Å²) in [5, 5.41) is 8.56. The lowest BCUT2D eigenvalue weighted by molar-refractivity contribution is -0.120. The van der Waals surface area contributed by atoms with E-state index >= 15 is 0 Å². The van der Waals surface area contributed by atoms with Crippen molar-refractivity contribution in [2.75, 3.05) is 25.0 Å². The second-order valence-corrected chi connectivity index (χ2v) is 12.1. The highest BCUT2D eigenvalue weighted by atomic mass is 35.5. The zero-order valence-corrected chi connectivity index (χ0v) is 22.7. The van der Waals surface area contributed by atoms with Crippen molar-refractivity contribution in [3.05, 3.63) is 59.2 Å². The van der Waals surface area contributed by atoms with Crippen LogP contribution >= 0.6 is 22.9 Å². The molecule has 5 rings (SSSR count). The Morgan fingerprint density at radius 2 is 2.03 bits per heavy atom. The molecule has 1 aliphatic heterocycles. The van der Waals surface area contributed by atoms with Gasteiger partial charge in [-0.2, -0.15) is 14.1 Å². The first-order chi connectivity index (χ1) is 17.8. The van der Waals surface area contributed by atoms with Gasteiger partial charge in [0.1, 0.15) is 17.1 Å². The Hall–Kier alpha value is -2.99. The Morgan fingerprint density at radius 3 is 2.78 bits per heavy atom. The zero-order valence-electron chi connectivity index (χ0n) is 20.3. The Labute approximate surface area is 224 Å². The third-order valence-electron chi connectivity index (χ3n) is 6.14. The summed E-state index contributed by atoms with van der Waals surface area (Å²) >= 11 is 7.36. The summed E-state index contributed by atoms with van der Waals surface area (Å²) in [6.07, 6.45) is 1.17. The molecule has 4 aromatic rings. The Kier molecular flexibility index (Phi) is 7.21. The van der Waals surface area contributed by atoms with E-state index in [1.807, 2.05) is 32.0 Å². The lowest BCUT2D eigenvalue weighted by atomic mass is 9.99. The van der Waals surface area contributed by atoms with Gasteiger partial charge in [0, 0.05) is 24.2 Å². The number of fused-ring (bicyclic) bond motifs is 1. The molecular weight excluding hydrogens is 534 g/mol. The molecule has 12 heteroatoms. The van der Waals surface area contributed by atoms with Crippen LogP contribution in [0.1, 0.15) is 25.5 Å². The van der Waals surface area contributed by atoms with E-state index in [1.165, 1.54) is 27.8 Å². The summed E-state index contributed by atoms with van der Waals surface area (Å²) in [7, 11) is -3.73. The lowest BCUT2D eigenvalue weighted by Crippen LogP contribution is -2.43. The number of anilines is 1. The van der Waals surface area contributed by atoms with Gasteiger partial charge in [-0.1, -0.05) is 29.0 Å². The number of piperidine rings is 1. The molecule has 1 atom stereocenters. The van der Waals surface area contributed by atoms with Crippen molar-refractivity contribution in [3.63, 3.8) is 0 Å². The smallest absolute Gasteiger partial charge is 0.243 e. The number of amides is 1. The maximum absolute atomic E-state index is 13.3. The number of rotatable bonds is 7. The van der Waals surface area contributed by atoms with Crippen LogP contribution in [-0.2, 0) is 14.8 Å². The Morgan fingerprint density at radius 1 is 1.24 bits per heavy atom. The molecular formula is C25H26ClN5O4S2. The number of carbonyl (C=O) groups is 1. The summed E-state index contributed by atoms with van der Waals surface area (Å²) in [4.78, 5) is 18.2. The minimum atomic E-state index is -3.73. The largest absolute Gasteiger partial charge is 0.492 e. The summed E-state index contributed by atoms with van der Waals surface area (Å²) in [5.74, 6) is 0.422. The number of hydrogen-bond donors (Lipinski definition) is 1. The van der Waals surface area contributed by atoms with Gasteiger partial charge in [0.15, 0.2) is 0 Å². The fourth-order valence-electron chi connectivity index (χ4n) is 4.37. The number of sulfonamides is 1. The van der Waals surface area contributed by atoms with Crippen molar-refractivity contribution in [2.45, 2.75) is 31.6 Å². The van der Waals surface area contributed by atoms with Gasteiger partial charge in [-0.15, -0.1) is 0 Å². The van der Waals surface area contributed by atoms with Crippen molar-refractivity contribution < 1.29 is 17.9 Å². The average Bonchev–Trinajstić information content (AvgIpc) is 3.48. The number of aromatic nitrogens is 3. The molecule has 3 heterocycles. The maximum Gasteiger partial charge on any atom is 0.243 e. The van der Waals surface area contributed by atoms with Crippen LogP contribution < -0.4 is 10.1 Å². The van der Waals surface area contributed by atoms with Crippen molar-refractivity contribution in [1.29, 1.82) is 0 Å². The SMILES string of the molecule is CCOc1cccc2sc(-n3nc(C)cc3NC(=O)C3CCCN(S(=O)(=O)c4ccc(Cl)cc4)C3)nc12. The molecule has 1 aliphatic rings. The minimum absolute atomic E-state index is 0.1000.